The van der Waals surface area contributed by atoms with Gasteiger partial charge in [0.25, 0.3) is 0 Å². The molecular weight excluding hydrogens is 171 g/mol. The minimum atomic E-state index is -0.0996. The van der Waals surface area contributed by atoms with Crippen LogP contribution in [0.2, 0.25) is 0 Å². The first kappa shape index (κ1) is 8.29. The highest BCUT2D eigenvalue weighted by atomic mass is 32.1. The molecule has 12 heavy (non-hydrogen) atoms. The quantitative estimate of drug-likeness (QED) is 0.607. The second kappa shape index (κ2) is 3.60. The molecule has 1 aliphatic rings. The minimum absolute atomic E-state index is 0.0996. The Bertz CT molecular complexity index is 255. The van der Waals surface area contributed by atoms with E-state index in [1.54, 1.807) is 11.3 Å². The van der Waals surface area contributed by atoms with E-state index in [9.17, 15) is 0 Å². The topological polar surface area (TPSA) is 18.5 Å². The summed E-state index contributed by atoms with van der Waals surface area (Å²) in [6.07, 6.45) is 1.01. The molecule has 1 aromatic heterocycles. The van der Waals surface area contributed by atoms with E-state index in [0.29, 0.717) is 0 Å². The van der Waals surface area contributed by atoms with Crippen LogP contribution in [0, 0.1) is 6.92 Å². The van der Waals surface area contributed by atoms with Crippen molar-refractivity contribution >= 4 is 23.2 Å². The Kier molecular flexibility index (Phi) is 2.49. The van der Waals surface area contributed by atoms with Crippen LogP contribution >= 0.6 is 11.3 Å². The fourth-order valence-corrected chi connectivity index (χ4v) is 2.12. The van der Waals surface area contributed by atoms with Crippen molar-refractivity contribution in [2.45, 2.75) is 13.3 Å². The van der Waals surface area contributed by atoms with Crippen LogP contribution in [0.3, 0.4) is 0 Å². The molecule has 0 unspecified atom stereocenters. The number of aryl methyl sites for hydroxylation is 1. The summed E-state index contributed by atoms with van der Waals surface area (Å²) in [5.74, 6) is 0. The van der Waals surface area contributed by atoms with Gasteiger partial charge < -0.3 is 9.31 Å². The van der Waals surface area contributed by atoms with Crippen molar-refractivity contribution in [1.82, 2.24) is 0 Å². The van der Waals surface area contributed by atoms with Gasteiger partial charge >= 0.3 is 7.12 Å². The summed E-state index contributed by atoms with van der Waals surface area (Å²) in [5.41, 5.74) is 1.28. The minimum Gasteiger partial charge on any atom is -0.407 e. The van der Waals surface area contributed by atoms with Crippen LogP contribution in [-0.2, 0) is 9.31 Å². The maximum absolute atomic E-state index is 5.47. The highest BCUT2D eigenvalue weighted by molar-refractivity contribution is 7.20. The summed E-state index contributed by atoms with van der Waals surface area (Å²) in [7, 11) is -0.0996. The lowest BCUT2D eigenvalue weighted by Crippen LogP contribution is -2.39. The van der Waals surface area contributed by atoms with Crippen molar-refractivity contribution in [1.29, 1.82) is 0 Å². The van der Waals surface area contributed by atoms with Gasteiger partial charge in [-0.1, -0.05) is 0 Å². The lowest BCUT2D eigenvalue weighted by molar-refractivity contribution is 0.144. The van der Waals surface area contributed by atoms with Crippen LogP contribution in [0.15, 0.2) is 11.4 Å². The zero-order chi connectivity index (χ0) is 8.39. The molecule has 64 valence electrons. The molecule has 0 amide bonds. The number of rotatable bonds is 1. The van der Waals surface area contributed by atoms with Gasteiger partial charge in [-0.25, -0.2) is 0 Å². The average Bonchev–Trinajstić information content (AvgIpc) is 2.54. The largest absolute Gasteiger partial charge is 0.504 e. The molecule has 0 N–H and O–H groups in total. The molecule has 0 radical (unpaired) electrons. The third-order valence-corrected chi connectivity index (χ3v) is 2.88. The first-order chi connectivity index (χ1) is 5.86. The van der Waals surface area contributed by atoms with E-state index in [0.717, 1.165) is 19.6 Å². The molecule has 1 aromatic rings. The molecule has 0 atom stereocenters. The maximum Gasteiger partial charge on any atom is 0.504 e. The molecule has 1 saturated heterocycles. The summed E-state index contributed by atoms with van der Waals surface area (Å²) in [4.78, 5) is 0. The molecule has 0 aliphatic carbocycles. The van der Waals surface area contributed by atoms with E-state index in [4.69, 9.17) is 9.31 Å². The second-order valence-corrected chi connectivity index (χ2v) is 3.90. The number of thiophene rings is 1. The summed E-state index contributed by atoms with van der Waals surface area (Å²) in [5, 5.41) is 2.12. The van der Waals surface area contributed by atoms with Crippen molar-refractivity contribution in [3.05, 3.63) is 17.0 Å². The van der Waals surface area contributed by atoms with Gasteiger partial charge in [0, 0.05) is 18.0 Å². The maximum atomic E-state index is 5.47. The van der Waals surface area contributed by atoms with Crippen LogP contribution < -0.4 is 4.78 Å². The van der Waals surface area contributed by atoms with E-state index >= 15 is 0 Å². The SMILES string of the molecule is Cc1csc(B2OCCCO2)c1. The van der Waals surface area contributed by atoms with Crippen LogP contribution in [0.25, 0.3) is 0 Å². The predicted octanol–water partition coefficient (Wildman–Crippen LogP) is 1.19. The first-order valence-corrected chi connectivity index (χ1v) is 5.02. The molecular formula is C8H11BO2S. The van der Waals surface area contributed by atoms with Gasteiger partial charge in [0.05, 0.1) is 0 Å². The highest BCUT2D eigenvalue weighted by Crippen LogP contribution is 2.08. The third kappa shape index (κ3) is 1.71. The zero-order valence-corrected chi connectivity index (χ0v) is 7.89. The molecule has 0 saturated carbocycles. The van der Waals surface area contributed by atoms with Gasteiger partial charge in [-0.3, -0.25) is 0 Å². The van der Waals surface area contributed by atoms with Gasteiger partial charge in [0.1, 0.15) is 0 Å². The van der Waals surface area contributed by atoms with Crippen molar-refractivity contribution < 1.29 is 9.31 Å². The second-order valence-electron chi connectivity index (χ2n) is 2.95. The summed E-state index contributed by atoms with van der Waals surface area (Å²) >= 11 is 1.71. The van der Waals surface area contributed by atoms with E-state index in [1.807, 2.05) is 0 Å². The van der Waals surface area contributed by atoms with E-state index in [2.05, 4.69) is 18.4 Å². The van der Waals surface area contributed by atoms with E-state index in [1.165, 1.54) is 10.3 Å². The highest BCUT2D eigenvalue weighted by Gasteiger charge is 2.25. The summed E-state index contributed by atoms with van der Waals surface area (Å²) < 4.78 is 12.1. The molecule has 2 nitrogen and oxygen atoms in total. The van der Waals surface area contributed by atoms with Gasteiger partial charge in [-0.2, -0.15) is 11.3 Å². The Labute approximate surface area is 76.6 Å². The Hall–Kier alpha value is -0.315. The van der Waals surface area contributed by atoms with Gasteiger partial charge in [0.15, 0.2) is 0 Å². The Morgan fingerprint density at radius 3 is 2.75 bits per heavy atom. The summed E-state index contributed by atoms with van der Waals surface area (Å²) in [6, 6.07) is 2.13. The number of hydrogen-bond donors (Lipinski definition) is 0. The van der Waals surface area contributed by atoms with E-state index in [-0.39, 0.29) is 7.12 Å². The van der Waals surface area contributed by atoms with Gasteiger partial charge in [-0.15, -0.1) is 0 Å². The Morgan fingerprint density at radius 2 is 2.17 bits per heavy atom. The molecule has 1 fully saturated rings. The Balaban J connectivity index is 2.08. The molecule has 4 heteroatoms. The molecule has 0 aromatic carbocycles. The molecule has 0 spiro atoms. The Morgan fingerprint density at radius 1 is 1.42 bits per heavy atom. The fourth-order valence-electron chi connectivity index (χ4n) is 1.23. The van der Waals surface area contributed by atoms with Crippen LogP contribution in [0.5, 0.6) is 0 Å². The van der Waals surface area contributed by atoms with Crippen LogP contribution in [0.4, 0.5) is 0 Å². The standard InChI is InChI=1S/C8H11BO2S/c1-7-5-8(12-6-7)9-10-3-2-4-11-9/h5-6H,2-4H2,1H3. The molecule has 2 rings (SSSR count). The van der Waals surface area contributed by atoms with Gasteiger partial charge in [0.2, 0.25) is 0 Å². The monoisotopic (exact) mass is 182 g/mol. The van der Waals surface area contributed by atoms with Gasteiger partial charge in [-0.05, 0) is 30.4 Å². The van der Waals surface area contributed by atoms with Crippen LogP contribution in [-0.4, -0.2) is 20.3 Å². The molecule has 0 bridgehead atoms. The molecule has 2 heterocycles. The fraction of sp³-hybridized carbons (Fsp3) is 0.500. The predicted molar refractivity (Wildman–Crippen MR) is 51.0 cm³/mol. The van der Waals surface area contributed by atoms with Crippen molar-refractivity contribution in [2.75, 3.05) is 13.2 Å². The van der Waals surface area contributed by atoms with E-state index < -0.39 is 0 Å². The van der Waals surface area contributed by atoms with Crippen molar-refractivity contribution in [3.8, 4) is 0 Å². The molecule has 1 aliphatic heterocycles. The van der Waals surface area contributed by atoms with Crippen LogP contribution in [0.1, 0.15) is 12.0 Å². The van der Waals surface area contributed by atoms with Crippen molar-refractivity contribution in [2.24, 2.45) is 0 Å². The lowest BCUT2D eigenvalue weighted by atomic mass is 9.86. The normalized spacial score (nSPS) is 18.2. The summed E-state index contributed by atoms with van der Waals surface area (Å²) in [6.45, 7) is 3.73. The lowest BCUT2D eigenvalue weighted by Gasteiger charge is -2.18. The third-order valence-electron chi connectivity index (χ3n) is 1.81. The number of hydrogen-bond acceptors (Lipinski definition) is 3. The average molecular weight is 182 g/mol. The zero-order valence-electron chi connectivity index (χ0n) is 7.08. The first-order valence-electron chi connectivity index (χ1n) is 4.14. The van der Waals surface area contributed by atoms with Crippen molar-refractivity contribution in [3.63, 3.8) is 0 Å². The smallest absolute Gasteiger partial charge is 0.407 e.